The Balaban J connectivity index is 2.56. The van der Waals surface area contributed by atoms with Gasteiger partial charge in [-0.05, 0) is 12.1 Å². The minimum atomic E-state index is -4.24. The van der Waals surface area contributed by atoms with Gasteiger partial charge in [0.25, 0.3) is 20.9 Å². The van der Waals surface area contributed by atoms with Crippen LogP contribution in [0, 0.1) is 0 Å². The highest BCUT2D eigenvalue weighted by Crippen LogP contribution is 2.39. The SMILES string of the molecule is CNc1c(Nc2ccc(Cl)c(S(=O)(=O)N(C)OC)c2O)c(=O)c1=O. The molecule has 0 radical (unpaired) electrons. The van der Waals surface area contributed by atoms with E-state index in [1.165, 1.54) is 19.2 Å². The van der Waals surface area contributed by atoms with E-state index in [9.17, 15) is 23.1 Å². The van der Waals surface area contributed by atoms with Crippen molar-refractivity contribution in [2.24, 2.45) is 0 Å². The van der Waals surface area contributed by atoms with Gasteiger partial charge in [-0.1, -0.05) is 16.1 Å². The molecule has 24 heavy (non-hydrogen) atoms. The molecule has 2 aromatic carbocycles. The number of rotatable bonds is 6. The van der Waals surface area contributed by atoms with Crippen LogP contribution in [0.5, 0.6) is 5.75 Å². The lowest BCUT2D eigenvalue weighted by atomic mass is 10.1. The van der Waals surface area contributed by atoms with E-state index in [1.807, 2.05) is 0 Å². The normalized spacial score (nSPS) is 11.9. The van der Waals surface area contributed by atoms with E-state index in [4.69, 9.17) is 11.6 Å². The minimum absolute atomic E-state index is 0.0350. The second-order valence-corrected chi connectivity index (χ2v) is 6.93. The number of phenolic OH excluding ortho intramolecular Hbond substituents is 1. The van der Waals surface area contributed by atoms with E-state index in [0.717, 1.165) is 14.2 Å². The smallest absolute Gasteiger partial charge is 0.269 e. The topological polar surface area (TPSA) is 125 Å². The summed E-state index contributed by atoms with van der Waals surface area (Å²) in [6, 6.07) is 2.50. The van der Waals surface area contributed by atoms with Crippen molar-refractivity contribution in [1.82, 2.24) is 4.47 Å². The molecule has 0 atom stereocenters. The van der Waals surface area contributed by atoms with E-state index in [1.54, 1.807) is 0 Å². The van der Waals surface area contributed by atoms with Crippen LogP contribution in [0.3, 0.4) is 0 Å². The Hall–Kier alpha value is -2.14. The standard InChI is InChI=1S/C13H14ClN3O6S/c1-15-8-9(12(20)11(8)19)16-7-5-4-6(14)13(10(7)18)24(21,22)17(2)23-3/h4-5,15-16,18H,1-3H3. The van der Waals surface area contributed by atoms with Gasteiger partial charge in [0.2, 0.25) is 0 Å². The maximum atomic E-state index is 12.3. The van der Waals surface area contributed by atoms with Crippen molar-refractivity contribution in [3.63, 3.8) is 0 Å². The van der Waals surface area contributed by atoms with E-state index < -0.39 is 31.5 Å². The van der Waals surface area contributed by atoms with Crippen LogP contribution in [0.1, 0.15) is 0 Å². The molecule has 2 aromatic rings. The molecule has 0 saturated carbocycles. The number of nitrogens with zero attached hydrogens (tertiary/aromatic N) is 1. The molecule has 3 N–H and O–H groups in total. The minimum Gasteiger partial charge on any atom is -0.504 e. The summed E-state index contributed by atoms with van der Waals surface area (Å²) in [7, 11) is -0.526. The van der Waals surface area contributed by atoms with Crippen LogP contribution in [0.25, 0.3) is 0 Å². The third-order valence-electron chi connectivity index (χ3n) is 3.36. The Morgan fingerprint density at radius 2 is 1.79 bits per heavy atom. The molecule has 130 valence electrons. The molecule has 0 aliphatic carbocycles. The monoisotopic (exact) mass is 375 g/mol. The number of phenols is 1. The number of benzene rings is 1. The fourth-order valence-corrected chi connectivity index (χ4v) is 3.57. The Kier molecular flexibility index (Phi) is 4.85. The number of aromatic hydroxyl groups is 1. The zero-order chi connectivity index (χ0) is 18.2. The number of hydrogen-bond donors (Lipinski definition) is 3. The van der Waals surface area contributed by atoms with Crippen molar-refractivity contribution in [1.29, 1.82) is 0 Å². The van der Waals surface area contributed by atoms with E-state index in [0.29, 0.717) is 4.47 Å². The van der Waals surface area contributed by atoms with Crippen LogP contribution in [-0.2, 0) is 14.9 Å². The summed E-state index contributed by atoms with van der Waals surface area (Å²) in [4.78, 5) is 27.0. The summed E-state index contributed by atoms with van der Waals surface area (Å²) < 4.78 is 25.2. The molecule has 0 spiro atoms. The van der Waals surface area contributed by atoms with Gasteiger partial charge in [0, 0.05) is 14.1 Å². The lowest BCUT2D eigenvalue weighted by Gasteiger charge is -2.19. The number of hydrogen-bond acceptors (Lipinski definition) is 8. The number of sulfonamides is 1. The molecule has 0 aromatic heterocycles. The summed E-state index contributed by atoms with van der Waals surface area (Å²) in [6.45, 7) is 0. The van der Waals surface area contributed by atoms with E-state index in [2.05, 4.69) is 15.5 Å². The zero-order valence-electron chi connectivity index (χ0n) is 12.9. The first-order chi connectivity index (χ1) is 11.2. The number of halogens is 1. The first-order valence-electron chi connectivity index (χ1n) is 6.49. The van der Waals surface area contributed by atoms with Gasteiger partial charge in [0.1, 0.15) is 16.3 Å². The van der Waals surface area contributed by atoms with Crippen LogP contribution in [0.15, 0.2) is 26.6 Å². The van der Waals surface area contributed by atoms with Crippen LogP contribution >= 0.6 is 11.6 Å². The quantitative estimate of drug-likeness (QED) is 0.381. The summed E-state index contributed by atoms with van der Waals surface area (Å²) in [5, 5.41) is 15.1. The van der Waals surface area contributed by atoms with Gasteiger partial charge < -0.3 is 15.7 Å². The predicted molar refractivity (Wildman–Crippen MR) is 89.3 cm³/mol. The van der Waals surface area contributed by atoms with Crippen LogP contribution < -0.4 is 21.5 Å². The Bertz CT molecular complexity index is 965. The number of hydroxylamine groups is 1. The fraction of sp³-hybridized carbons (Fsp3) is 0.231. The van der Waals surface area contributed by atoms with E-state index >= 15 is 0 Å². The van der Waals surface area contributed by atoms with Gasteiger partial charge in [0.15, 0.2) is 5.75 Å². The van der Waals surface area contributed by atoms with Gasteiger partial charge in [0.05, 0.1) is 17.8 Å². The molecule has 0 bridgehead atoms. The molecule has 0 amide bonds. The second kappa shape index (κ2) is 6.40. The molecule has 0 unspecified atom stereocenters. The molecular weight excluding hydrogens is 362 g/mol. The molecule has 0 saturated heterocycles. The van der Waals surface area contributed by atoms with Crippen LogP contribution in [0.2, 0.25) is 5.02 Å². The van der Waals surface area contributed by atoms with Crippen molar-refractivity contribution >= 4 is 38.7 Å². The van der Waals surface area contributed by atoms with E-state index in [-0.39, 0.29) is 22.1 Å². The average Bonchev–Trinajstić information content (AvgIpc) is 2.54. The molecule has 9 nitrogen and oxygen atoms in total. The summed E-state index contributed by atoms with van der Waals surface area (Å²) in [5.41, 5.74) is -1.64. The maximum Gasteiger partial charge on any atom is 0.269 e. The first kappa shape index (κ1) is 18.2. The van der Waals surface area contributed by atoms with Gasteiger partial charge in [-0.25, -0.2) is 8.42 Å². The third-order valence-corrected chi connectivity index (χ3v) is 5.54. The van der Waals surface area contributed by atoms with Crippen LogP contribution in [0.4, 0.5) is 17.1 Å². The fourth-order valence-electron chi connectivity index (χ4n) is 2.00. The van der Waals surface area contributed by atoms with Gasteiger partial charge in [-0.3, -0.25) is 14.4 Å². The Labute approximate surface area is 142 Å². The van der Waals surface area contributed by atoms with Crippen molar-refractivity contribution in [3.05, 3.63) is 37.6 Å². The molecule has 0 heterocycles. The maximum absolute atomic E-state index is 12.3. The lowest BCUT2D eigenvalue weighted by molar-refractivity contribution is -0.0259. The average molecular weight is 376 g/mol. The van der Waals surface area contributed by atoms with Crippen molar-refractivity contribution < 1.29 is 18.4 Å². The lowest BCUT2D eigenvalue weighted by Crippen LogP contribution is -2.36. The van der Waals surface area contributed by atoms with Crippen molar-refractivity contribution in [2.45, 2.75) is 4.90 Å². The van der Waals surface area contributed by atoms with Gasteiger partial charge in [-0.15, -0.1) is 0 Å². The highest BCUT2D eigenvalue weighted by atomic mass is 35.5. The highest BCUT2D eigenvalue weighted by Gasteiger charge is 2.30. The molecule has 11 heteroatoms. The summed E-state index contributed by atoms with van der Waals surface area (Å²) >= 11 is 5.88. The van der Waals surface area contributed by atoms with Crippen molar-refractivity contribution in [3.8, 4) is 5.75 Å². The zero-order valence-corrected chi connectivity index (χ0v) is 14.4. The second-order valence-electron chi connectivity index (χ2n) is 4.65. The number of anilines is 3. The van der Waals surface area contributed by atoms with Crippen LogP contribution in [-0.4, -0.2) is 39.2 Å². The Morgan fingerprint density at radius 3 is 2.33 bits per heavy atom. The first-order valence-corrected chi connectivity index (χ1v) is 8.31. The largest absolute Gasteiger partial charge is 0.504 e. The van der Waals surface area contributed by atoms with Gasteiger partial charge >= 0.3 is 0 Å². The molecule has 2 rings (SSSR count). The number of nitrogens with one attached hydrogen (secondary N) is 2. The summed E-state index contributed by atoms with van der Waals surface area (Å²) in [5.74, 6) is -0.707. The summed E-state index contributed by atoms with van der Waals surface area (Å²) in [6.07, 6.45) is 0. The third kappa shape index (κ3) is 2.73. The molecule has 0 fully saturated rings. The molecule has 0 aliphatic heterocycles. The Morgan fingerprint density at radius 1 is 1.21 bits per heavy atom. The van der Waals surface area contributed by atoms with Gasteiger partial charge in [-0.2, -0.15) is 0 Å². The molecular formula is C13H14ClN3O6S. The highest BCUT2D eigenvalue weighted by molar-refractivity contribution is 7.89. The predicted octanol–water partition coefficient (Wildman–Crippen LogP) is 0.609. The molecule has 0 aliphatic rings. The van der Waals surface area contributed by atoms with Crippen molar-refractivity contribution in [2.75, 3.05) is 31.8 Å².